The van der Waals surface area contributed by atoms with Gasteiger partial charge in [-0.2, -0.15) is 0 Å². The number of fused-ring (bicyclic) bond motifs is 1. The van der Waals surface area contributed by atoms with E-state index in [0.717, 1.165) is 11.1 Å². The number of halogens is 2. The van der Waals surface area contributed by atoms with Gasteiger partial charge in [-0.15, -0.1) is 0 Å². The average Bonchev–Trinajstić information content (AvgIpc) is 2.61. The molecule has 1 N–H and O–H groups in total. The van der Waals surface area contributed by atoms with Crippen LogP contribution in [0.4, 0.5) is 8.78 Å². The van der Waals surface area contributed by atoms with Crippen LogP contribution >= 0.6 is 0 Å². The molecule has 0 spiro atoms. The second-order valence-corrected chi connectivity index (χ2v) is 3.79. The Balaban J connectivity index is 2.19. The zero-order chi connectivity index (χ0) is 10.2. The molecule has 0 aromatic heterocycles. The molecule has 0 aliphatic heterocycles. The quantitative estimate of drug-likeness (QED) is 0.770. The van der Waals surface area contributed by atoms with Crippen LogP contribution in [0.5, 0.6) is 0 Å². The van der Waals surface area contributed by atoms with Gasteiger partial charge in [-0.05, 0) is 24.0 Å². The third kappa shape index (κ3) is 1.52. The van der Waals surface area contributed by atoms with Crippen molar-refractivity contribution < 1.29 is 13.9 Å². The molecule has 0 saturated heterocycles. The van der Waals surface area contributed by atoms with Gasteiger partial charge < -0.3 is 5.11 Å². The number of aliphatic hydroxyl groups is 1. The lowest BCUT2D eigenvalue weighted by atomic mass is 9.99. The normalized spacial score (nSPS) is 17.1. The van der Waals surface area contributed by atoms with Crippen molar-refractivity contribution in [2.75, 3.05) is 6.61 Å². The molecule has 2 rings (SSSR count). The summed E-state index contributed by atoms with van der Waals surface area (Å²) in [6.07, 6.45) is 0.757. The van der Waals surface area contributed by atoms with E-state index in [2.05, 4.69) is 0 Å². The number of rotatable bonds is 2. The molecule has 0 amide bonds. The lowest BCUT2D eigenvalue weighted by Gasteiger charge is -2.20. The van der Waals surface area contributed by atoms with Crippen molar-refractivity contribution in [2.45, 2.75) is 18.8 Å². The highest BCUT2D eigenvalue weighted by atomic mass is 19.3. The lowest BCUT2D eigenvalue weighted by molar-refractivity contribution is -0.0943. The molecule has 0 unspecified atom stereocenters. The third-order valence-corrected chi connectivity index (χ3v) is 2.86. The summed E-state index contributed by atoms with van der Waals surface area (Å²) in [5, 5.41) is 8.58. The minimum Gasteiger partial charge on any atom is -0.390 e. The van der Waals surface area contributed by atoms with E-state index in [1.54, 1.807) is 0 Å². The smallest absolute Gasteiger partial charge is 0.274 e. The van der Waals surface area contributed by atoms with Crippen LogP contribution in [0.1, 0.15) is 11.1 Å². The number of aliphatic hydroxyl groups excluding tert-OH is 1. The summed E-state index contributed by atoms with van der Waals surface area (Å²) >= 11 is 0. The van der Waals surface area contributed by atoms with Crippen molar-refractivity contribution in [1.82, 2.24) is 0 Å². The van der Waals surface area contributed by atoms with Crippen LogP contribution < -0.4 is 0 Å². The van der Waals surface area contributed by atoms with Crippen LogP contribution in [0.3, 0.4) is 0 Å². The Morgan fingerprint density at radius 2 is 1.71 bits per heavy atom. The molecule has 3 heteroatoms. The van der Waals surface area contributed by atoms with E-state index >= 15 is 0 Å². The summed E-state index contributed by atoms with van der Waals surface area (Å²) in [4.78, 5) is 0. The number of benzene rings is 1. The first-order valence-corrected chi connectivity index (χ1v) is 4.69. The molecular formula is C11H12F2O. The highest BCUT2D eigenvalue weighted by Gasteiger charge is 2.41. The third-order valence-electron chi connectivity index (χ3n) is 2.86. The summed E-state index contributed by atoms with van der Waals surface area (Å²) in [7, 11) is 0. The molecule has 0 bridgehead atoms. The van der Waals surface area contributed by atoms with Gasteiger partial charge in [0.1, 0.15) is 6.61 Å². The molecule has 1 aromatic rings. The molecule has 1 aliphatic carbocycles. The van der Waals surface area contributed by atoms with Crippen molar-refractivity contribution >= 4 is 0 Å². The van der Waals surface area contributed by atoms with Crippen molar-refractivity contribution in [1.29, 1.82) is 0 Å². The SMILES string of the molecule is OCC(F)(F)C1Cc2ccccc2C1. The van der Waals surface area contributed by atoms with Crippen LogP contribution in [-0.2, 0) is 12.8 Å². The topological polar surface area (TPSA) is 20.2 Å². The predicted molar refractivity (Wildman–Crippen MR) is 49.4 cm³/mol. The van der Waals surface area contributed by atoms with E-state index in [9.17, 15) is 8.78 Å². The molecule has 0 radical (unpaired) electrons. The van der Waals surface area contributed by atoms with Gasteiger partial charge in [0.15, 0.2) is 0 Å². The Labute approximate surface area is 81.4 Å². The van der Waals surface area contributed by atoms with Crippen molar-refractivity contribution in [3.63, 3.8) is 0 Å². The summed E-state index contributed by atoms with van der Waals surface area (Å²) in [6.45, 7) is -1.05. The Hall–Kier alpha value is -0.960. The number of alkyl halides is 2. The maximum atomic E-state index is 13.2. The van der Waals surface area contributed by atoms with Gasteiger partial charge in [0.05, 0.1) is 0 Å². The summed E-state index contributed by atoms with van der Waals surface area (Å²) in [5.74, 6) is -3.68. The average molecular weight is 198 g/mol. The highest BCUT2D eigenvalue weighted by molar-refractivity contribution is 5.32. The molecule has 0 saturated carbocycles. The molecule has 76 valence electrons. The molecule has 1 aromatic carbocycles. The molecular weight excluding hydrogens is 186 g/mol. The summed E-state index contributed by atoms with van der Waals surface area (Å²) < 4.78 is 26.3. The van der Waals surface area contributed by atoms with Gasteiger partial charge in [0.25, 0.3) is 5.92 Å². The first kappa shape index (κ1) is 9.59. The van der Waals surface area contributed by atoms with E-state index in [1.165, 1.54) is 0 Å². The van der Waals surface area contributed by atoms with Crippen LogP contribution in [0.2, 0.25) is 0 Å². The lowest BCUT2D eigenvalue weighted by Crippen LogP contribution is -2.32. The van der Waals surface area contributed by atoms with E-state index in [0.29, 0.717) is 12.8 Å². The van der Waals surface area contributed by atoms with Crippen LogP contribution in [0.25, 0.3) is 0 Å². The van der Waals surface area contributed by atoms with E-state index in [-0.39, 0.29) is 0 Å². The van der Waals surface area contributed by atoms with Crippen molar-refractivity contribution in [3.05, 3.63) is 35.4 Å². The zero-order valence-electron chi connectivity index (χ0n) is 7.71. The number of hydrogen-bond donors (Lipinski definition) is 1. The van der Waals surface area contributed by atoms with E-state index in [1.807, 2.05) is 24.3 Å². The van der Waals surface area contributed by atoms with Gasteiger partial charge in [-0.1, -0.05) is 24.3 Å². The van der Waals surface area contributed by atoms with E-state index in [4.69, 9.17) is 5.11 Å². The van der Waals surface area contributed by atoms with Gasteiger partial charge >= 0.3 is 0 Å². The minimum atomic E-state index is -2.95. The van der Waals surface area contributed by atoms with E-state index < -0.39 is 18.4 Å². The fourth-order valence-electron chi connectivity index (χ4n) is 1.99. The predicted octanol–water partition coefficient (Wildman–Crippen LogP) is 2.03. The van der Waals surface area contributed by atoms with Crippen LogP contribution in [-0.4, -0.2) is 17.6 Å². The maximum Gasteiger partial charge on any atom is 0.274 e. The Kier molecular flexibility index (Phi) is 2.27. The first-order valence-electron chi connectivity index (χ1n) is 4.69. The summed E-state index contributed by atoms with van der Waals surface area (Å²) in [5.41, 5.74) is 1.98. The Morgan fingerprint density at radius 1 is 1.21 bits per heavy atom. The summed E-state index contributed by atoms with van der Waals surface area (Å²) in [6, 6.07) is 7.47. The fraction of sp³-hybridized carbons (Fsp3) is 0.455. The largest absolute Gasteiger partial charge is 0.390 e. The second-order valence-electron chi connectivity index (χ2n) is 3.79. The standard InChI is InChI=1S/C11H12F2O/c12-11(13,7-14)10-5-8-3-1-2-4-9(8)6-10/h1-4,10,14H,5-7H2. The minimum absolute atomic E-state index is 0.379. The van der Waals surface area contributed by atoms with Crippen molar-refractivity contribution in [3.8, 4) is 0 Å². The second kappa shape index (κ2) is 3.31. The Bertz CT molecular complexity index is 311. The monoisotopic (exact) mass is 198 g/mol. The molecule has 0 heterocycles. The highest BCUT2D eigenvalue weighted by Crippen LogP contribution is 2.36. The van der Waals surface area contributed by atoms with Gasteiger partial charge in [0.2, 0.25) is 0 Å². The van der Waals surface area contributed by atoms with Crippen molar-refractivity contribution in [2.24, 2.45) is 5.92 Å². The first-order chi connectivity index (χ1) is 6.63. The fourth-order valence-corrected chi connectivity index (χ4v) is 1.99. The Morgan fingerprint density at radius 3 is 2.14 bits per heavy atom. The molecule has 14 heavy (non-hydrogen) atoms. The molecule has 1 nitrogen and oxygen atoms in total. The van der Waals surface area contributed by atoms with Crippen LogP contribution in [0, 0.1) is 5.92 Å². The maximum absolute atomic E-state index is 13.2. The zero-order valence-corrected chi connectivity index (χ0v) is 7.71. The molecule has 0 atom stereocenters. The van der Waals surface area contributed by atoms with Gasteiger partial charge in [-0.25, -0.2) is 8.78 Å². The van der Waals surface area contributed by atoms with Gasteiger partial charge in [-0.3, -0.25) is 0 Å². The van der Waals surface area contributed by atoms with Gasteiger partial charge in [0, 0.05) is 5.92 Å². The van der Waals surface area contributed by atoms with Crippen LogP contribution in [0.15, 0.2) is 24.3 Å². The molecule has 0 fully saturated rings. The molecule has 1 aliphatic rings. The number of hydrogen-bond acceptors (Lipinski definition) is 1.